The monoisotopic (exact) mass is 235 g/mol. The predicted molar refractivity (Wildman–Crippen MR) is 70.7 cm³/mol. The zero-order valence-corrected chi connectivity index (χ0v) is 11.2. The summed E-state index contributed by atoms with van der Waals surface area (Å²) in [4.78, 5) is 0. The van der Waals surface area contributed by atoms with Crippen molar-refractivity contribution in [2.45, 2.75) is 52.6 Å². The second kappa shape index (κ2) is 6.20. The van der Waals surface area contributed by atoms with Gasteiger partial charge in [-0.3, -0.25) is 4.68 Å². The van der Waals surface area contributed by atoms with Crippen LogP contribution in [0.2, 0.25) is 0 Å². The molecule has 1 aromatic heterocycles. The van der Waals surface area contributed by atoms with Crippen LogP contribution in [-0.2, 0) is 13.1 Å². The molecule has 2 unspecified atom stereocenters. The molecule has 1 saturated carbocycles. The van der Waals surface area contributed by atoms with Gasteiger partial charge < -0.3 is 5.32 Å². The minimum absolute atomic E-state index is 0.887. The van der Waals surface area contributed by atoms with E-state index in [-0.39, 0.29) is 0 Å². The van der Waals surface area contributed by atoms with Gasteiger partial charge in [0.2, 0.25) is 0 Å². The Morgan fingerprint density at radius 2 is 2.35 bits per heavy atom. The van der Waals surface area contributed by atoms with Gasteiger partial charge >= 0.3 is 0 Å². The highest BCUT2D eigenvalue weighted by molar-refractivity contribution is 5.00. The second-order valence-electron chi connectivity index (χ2n) is 5.34. The van der Waals surface area contributed by atoms with E-state index in [2.05, 4.69) is 35.0 Å². The van der Waals surface area contributed by atoms with Crippen LogP contribution in [-0.4, -0.2) is 16.3 Å². The summed E-state index contributed by atoms with van der Waals surface area (Å²) in [5.41, 5.74) is 1.32. The first-order valence-electron chi connectivity index (χ1n) is 7.02. The first-order chi connectivity index (χ1) is 8.31. The molecule has 0 aromatic carbocycles. The van der Waals surface area contributed by atoms with Crippen molar-refractivity contribution in [1.29, 1.82) is 0 Å². The topological polar surface area (TPSA) is 29.9 Å². The van der Waals surface area contributed by atoms with Crippen LogP contribution in [0, 0.1) is 11.8 Å². The Labute approximate surface area is 105 Å². The van der Waals surface area contributed by atoms with E-state index in [0.29, 0.717) is 0 Å². The van der Waals surface area contributed by atoms with Crippen molar-refractivity contribution in [3.8, 4) is 0 Å². The predicted octanol–water partition coefficient (Wildman–Crippen LogP) is 2.82. The van der Waals surface area contributed by atoms with Crippen molar-refractivity contribution in [3.63, 3.8) is 0 Å². The molecule has 3 heteroatoms. The summed E-state index contributed by atoms with van der Waals surface area (Å²) in [7, 11) is 0. The number of hydrogen-bond acceptors (Lipinski definition) is 2. The fourth-order valence-corrected chi connectivity index (χ4v) is 2.83. The van der Waals surface area contributed by atoms with Crippen LogP contribution >= 0.6 is 0 Å². The van der Waals surface area contributed by atoms with Gasteiger partial charge in [-0.05, 0) is 37.3 Å². The number of rotatable bonds is 6. The minimum atomic E-state index is 0.887. The molecule has 1 aromatic rings. The average Bonchev–Trinajstić information content (AvgIpc) is 2.90. The number of nitrogens with zero attached hydrogens (tertiary/aromatic N) is 2. The van der Waals surface area contributed by atoms with Crippen LogP contribution in [0.1, 0.15) is 45.2 Å². The van der Waals surface area contributed by atoms with E-state index in [1.807, 2.05) is 6.20 Å². The molecule has 0 radical (unpaired) electrons. The molecule has 1 heterocycles. The van der Waals surface area contributed by atoms with Gasteiger partial charge in [-0.25, -0.2) is 0 Å². The number of aromatic nitrogens is 2. The van der Waals surface area contributed by atoms with E-state index in [4.69, 9.17) is 0 Å². The van der Waals surface area contributed by atoms with Crippen LogP contribution in [0.5, 0.6) is 0 Å². The third kappa shape index (κ3) is 3.32. The number of aryl methyl sites for hydroxylation is 1. The van der Waals surface area contributed by atoms with E-state index >= 15 is 0 Å². The molecule has 1 aliphatic rings. The van der Waals surface area contributed by atoms with Gasteiger partial charge in [0.05, 0.1) is 5.69 Å². The SMILES string of the molecule is CCCn1nccc1CNCC1CCCC1C. The van der Waals surface area contributed by atoms with Gasteiger partial charge in [-0.2, -0.15) is 5.10 Å². The fraction of sp³-hybridized carbons (Fsp3) is 0.786. The largest absolute Gasteiger partial charge is 0.311 e. The second-order valence-corrected chi connectivity index (χ2v) is 5.34. The molecule has 1 aliphatic carbocycles. The standard InChI is InChI=1S/C14H25N3/c1-3-9-17-14(7-8-16-17)11-15-10-13-6-4-5-12(13)2/h7-8,12-13,15H,3-6,9-11H2,1-2H3. The highest BCUT2D eigenvalue weighted by Gasteiger charge is 2.22. The highest BCUT2D eigenvalue weighted by atomic mass is 15.3. The lowest BCUT2D eigenvalue weighted by molar-refractivity contribution is 0.388. The van der Waals surface area contributed by atoms with Crippen LogP contribution in [0.25, 0.3) is 0 Å². The Morgan fingerprint density at radius 3 is 3.06 bits per heavy atom. The molecule has 0 saturated heterocycles. The van der Waals surface area contributed by atoms with Crippen molar-refractivity contribution >= 4 is 0 Å². The highest BCUT2D eigenvalue weighted by Crippen LogP contribution is 2.30. The van der Waals surface area contributed by atoms with Crippen LogP contribution < -0.4 is 5.32 Å². The quantitative estimate of drug-likeness (QED) is 0.821. The van der Waals surface area contributed by atoms with Crippen molar-refractivity contribution in [1.82, 2.24) is 15.1 Å². The first kappa shape index (κ1) is 12.6. The van der Waals surface area contributed by atoms with Gasteiger partial charge in [0, 0.05) is 19.3 Å². The molecule has 17 heavy (non-hydrogen) atoms. The molecular weight excluding hydrogens is 210 g/mol. The Hall–Kier alpha value is -0.830. The van der Waals surface area contributed by atoms with Crippen molar-refractivity contribution in [3.05, 3.63) is 18.0 Å². The molecule has 3 nitrogen and oxygen atoms in total. The zero-order valence-electron chi connectivity index (χ0n) is 11.2. The molecule has 1 N–H and O–H groups in total. The molecule has 0 aliphatic heterocycles. The summed E-state index contributed by atoms with van der Waals surface area (Å²) in [5.74, 6) is 1.79. The molecule has 0 bridgehead atoms. The smallest absolute Gasteiger partial charge is 0.0522 e. The lowest BCUT2D eigenvalue weighted by Crippen LogP contribution is -2.25. The van der Waals surface area contributed by atoms with Crippen molar-refractivity contribution in [2.24, 2.45) is 11.8 Å². The van der Waals surface area contributed by atoms with Gasteiger partial charge in [-0.15, -0.1) is 0 Å². The Balaban J connectivity index is 1.75. The summed E-state index contributed by atoms with van der Waals surface area (Å²) in [6.45, 7) is 7.74. The van der Waals surface area contributed by atoms with Gasteiger partial charge in [0.1, 0.15) is 0 Å². The first-order valence-corrected chi connectivity index (χ1v) is 7.02. The van der Waals surface area contributed by atoms with Crippen LogP contribution in [0.15, 0.2) is 12.3 Å². The molecule has 2 atom stereocenters. The zero-order chi connectivity index (χ0) is 12.1. The maximum atomic E-state index is 4.35. The van der Waals surface area contributed by atoms with Gasteiger partial charge in [-0.1, -0.05) is 26.7 Å². The molecular formula is C14H25N3. The lowest BCUT2D eigenvalue weighted by Gasteiger charge is -2.16. The molecule has 0 spiro atoms. The molecule has 1 fully saturated rings. The van der Waals surface area contributed by atoms with E-state index < -0.39 is 0 Å². The fourth-order valence-electron chi connectivity index (χ4n) is 2.83. The van der Waals surface area contributed by atoms with Gasteiger partial charge in [0.25, 0.3) is 0 Å². The normalized spacial score (nSPS) is 24.4. The van der Waals surface area contributed by atoms with Crippen molar-refractivity contribution in [2.75, 3.05) is 6.54 Å². The van der Waals surface area contributed by atoms with Crippen LogP contribution in [0.3, 0.4) is 0 Å². The lowest BCUT2D eigenvalue weighted by atomic mass is 9.98. The van der Waals surface area contributed by atoms with E-state index in [1.165, 1.54) is 31.5 Å². The summed E-state index contributed by atoms with van der Waals surface area (Å²) in [5, 5.41) is 7.95. The van der Waals surface area contributed by atoms with E-state index in [0.717, 1.165) is 31.3 Å². The van der Waals surface area contributed by atoms with E-state index in [1.54, 1.807) is 0 Å². The Kier molecular flexibility index (Phi) is 4.60. The number of hydrogen-bond donors (Lipinski definition) is 1. The summed E-state index contributed by atoms with van der Waals surface area (Å²) in [6.07, 6.45) is 7.29. The maximum Gasteiger partial charge on any atom is 0.0522 e. The average molecular weight is 235 g/mol. The summed E-state index contributed by atoms with van der Waals surface area (Å²) < 4.78 is 2.12. The third-order valence-corrected chi connectivity index (χ3v) is 3.99. The van der Waals surface area contributed by atoms with Gasteiger partial charge in [0.15, 0.2) is 0 Å². The summed E-state index contributed by atoms with van der Waals surface area (Å²) in [6, 6.07) is 2.13. The Bertz CT molecular complexity index is 332. The minimum Gasteiger partial charge on any atom is -0.311 e. The van der Waals surface area contributed by atoms with Crippen LogP contribution in [0.4, 0.5) is 0 Å². The third-order valence-electron chi connectivity index (χ3n) is 3.99. The number of nitrogens with one attached hydrogen (secondary N) is 1. The molecule has 2 rings (SSSR count). The molecule has 0 amide bonds. The van der Waals surface area contributed by atoms with E-state index in [9.17, 15) is 0 Å². The Morgan fingerprint density at radius 1 is 1.47 bits per heavy atom. The summed E-state index contributed by atoms with van der Waals surface area (Å²) >= 11 is 0. The molecule has 96 valence electrons. The maximum absolute atomic E-state index is 4.35. The van der Waals surface area contributed by atoms with Crippen molar-refractivity contribution < 1.29 is 0 Å².